The van der Waals surface area contributed by atoms with E-state index in [1.165, 1.54) is 12.8 Å². The molecule has 1 fully saturated rings. The van der Waals surface area contributed by atoms with Gasteiger partial charge in [0.25, 0.3) is 0 Å². The third kappa shape index (κ3) is 7.72. The van der Waals surface area contributed by atoms with Crippen molar-refractivity contribution >= 4 is 41.3 Å². The molecule has 1 atom stereocenters. The molecule has 2 heterocycles. The lowest BCUT2D eigenvalue weighted by Crippen LogP contribution is -2.48. The number of hydrogen-bond acceptors (Lipinski definition) is 4. The SMILES string of the molecule is CN=C(NCCc1nc(C(F)(F)F)cs1)NCC(C(C)C)N1CCCC1.I. The van der Waals surface area contributed by atoms with Crippen LogP contribution in [-0.4, -0.2) is 55.1 Å². The summed E-state index contributed by atoms with van der Waals surface area (Å²) in [6, 6.07) is 0.448. The van der Waals surface area contributed by atoms with E-state index in [0.29, 0.717) is 35.9 Å². The van der Waals surface area contributed by atoms with Gasteiger partial charge in [0.2, 0.25) is 0 Å². The minimum atomic E-state index is -4.37. The van der Waals surface area contributed by atoms with Crippen molar-refractivity contribution in [3.63, 3.8) is 0 Å². The van der Waals surface area contributed by atoms with Gasteiger partial charge in [0.15, 0.2) is 11.7 Å². The fourth-order valence-electron chi connectivity index (χ4n) is 3.13. The average molecular weight is 519 g/mol. The van der Waals surface area contributed by atoms with Gasteiger partial charge in [0, 0.05) is 38.0 Å². The van der Waals surface area contributed by atoms with E-state index in [-0.39, 0.29) is 24.0 Å². The number of hydrogen-bond donors (Lipinski definition) is 2. The summed E-state index contributed by atoms with van der Waals surface area (Å²) in [6.45, 7) is 8.01. The maximum Gasteiger partial charge on any atom is 0.434 e. The highest BCUT2D eigenvalue weighted by atomic mass is 127. The molecule has 1 aliphatic heterocycles. The van der Waals surface area contributed by atoms with Crippen molar-refractivity contribution in [2.24, 2.45) is 10.9 Å². The summed E-state index contributed by atoms with van der Waals surface area (Å²) < 4.78 is 37.7. The smallest absolute Gasteiger partial charge is 0.356 e. The number of likely N-dealkylation sites (tertiary alicyclic amines) is 1. The third-order valence-electron chi connectivity index (χ3n) is 4.55. The minimum Gasteiger partial charge on any atom is -0.356 e. The molecule has 2 rings (SSSR count). The Morgan fingerprint density at radius 2 is 1.96 bits per heavy atom. The standard InChI is InChI=1S/C17H28F3N5S.HI/c1-12(2)13(25-8-4-5-9-25)10-23-16(21-3)22-7-6-15-24-14(11-26-15)17(18,19)20;/h11-13H,4-10H2,1-3H3,(H2,21,22,23);1H. The minimum absolute atomic E-state index is 0. The van der Waals surface area contributed by atoms with Crippen molar-refractivity contribution in [2.45, 2.75) is 45.3 Å². The molecular formula is C17H29F3IN5S. The van der Waals surface area contributed by atoms with E-state index < -0.39 is 11.9 Å². The number of guanidine groups is 1. The first-order valence-corrected chi connectivity index (χ1v) is 9.89. The zero-order valence-electron chi connectivity index (χ0n) is 16.0. The lowest BCUT2D eigenvalue weighted by Gasteiger charge is -2.31. The lowest BCUT2D eigenvalue weighted by molar-refractivity contribution is -0.140. The van der Waals surface area contributed by atoms with Gasteiger partial charge in [-0.2, -0.15) is 13.2 Å². The van der Waals surface area contributed by atoms with Crippen LogP contribution in [0.4, 0.5) is 13.2 Å². The van der Waals surface area contributed by atoms with E-state index in [9.17, 15) is 13.2 Å². The molecule has 27 heavy (non-hydrogen) atoms. The normalized spacial score (nSPS) is 17.1. The summed E-state index contributed by atoms with van der Waals surface area (Å²) in [4.78, 5) is 10.4. The molecule has 0 aromatic carbocycles. The van der Waals surface area contributed by atoms with Gasteiger partial charge >= 0.3 is 6.18 Å². The van der Waals surface area contributed by atoms with Crippen molar-refractivity contribution in [3.8, 4) is 0 Å². The van der Waals surface area contributed by atoms with Crippen LogP contribution < -0.4 is 10.6 Å². The Hall–Kier alpha value is -0.620. The number of nitrogens with one attached hydrogen (secondary N) is 2. The fraction of sp³-hybridized carbons (Fsp3) is 0.765. The van der Waals surface area contributed by atoms with Gasteiger partial charge in [-0.15, -0.1) is 35.3 Å². The number of aliphatic imine (C=N–C) groups is 1. The molecule has 0 saturated carbocycles. The maximum atomic E-state index is 12.6. The predicted molar refractivity (Wildman–Crippen MR) is 115 cm³/mol. The van der Waals surface area contributed by atoms with E-state index in [1.807, 2.05) is 0 Å². The van der Waals surface area contributed by atoms with Crippen LogP contribution in [0.2, 0.25) is 0 Å². The lowest BCUT2D eigenvalue weighted by atomic mass is 10.0. The molecule has 0 spiro atoms. The highest BCUT2D eigenvalue weighted by Crippen LogP contribution is 2.30. The Morgan fingerprint density at radius 1 is 1.30 bits per heavy atom. The Bertz CT molecular complexity index is 585. The molecular weight excluding hydrogens is 490 g/mol. The average Bonchev–Trinajstić information content (AvgIpc) is 3.24. The van der Waals surface area contributed by atoms with E-state index in [1.54, 1.807) is 7.05 Å². The molecule has 1 unspecified atom stereocenters. The zero-order valence-corrected chi connectivity index (χ0v) is 19.1. The molecule has 0 bridgehead atoms. The highest BCUT2D eigenvalue weighted by Gasteiger charge is 2.33. The second-order valence-corrected chi connectivity index (χ2v) is 7.75. The predicted octanol–water partition coefficient (Wildman–Crippen LogP) is 3.61. The van der Waals surface area contributed by atoms with Crippen molar-refractivity contribution in [2.75, 3.05) is 33.2 Å². The van der Waals surface area contributed by atoms with Gasteiger partial charge in [0.05, 0.1) is 5.01 Å². The summed E-state index contributed by atoms with van der Waals surface area (Å²) in [7, 11) is 1.70. The van der Waals surface area contributed by atoms with Crippen molar-refractivity contribution in [1.82, 2.24) is 20.5 Å². The molecule has 1 aromatic heterocycles. The molecule has 0 amide bonds. The van der Waals surface area contributed by atoms with Crippen molar-refractivity contribution in [3.05, 3.63) is 16.1 Å². The van der Waals surface area contributed by atoms with Crippen LogP contribution in [-0.2, 0) is 12.6 Å². The van der Waals surface area contributed by atoms with Crippen LogP contribution in [0, 0.1) is 5.92 Å². The Morgan fingerprint density at radius 3 is 2.48 bits per heavy atom. The summed E-state index contributed by atoms with van der Waals surface area (Å²) in [5.74, 6) is 1.21. The number of rotatable bonds is 7. The van der Waals surface area contributed by atoms with E-state index in [0.717, 1.165) is 36.4 Å². The zero-order chi connectivity index (χ0) is 19.2. The Balaban J connectivity index is 0.00000364. The highest BCUT2D eigenvalue weighted by molar-refractivity contribution is 14.0. The van der Waals surface area contributed by atoms with Gasteiger partial charge < -0.3 is 10.6 Å². The second-order valence-electron chi connectivity index (χ2n) is 6.81. The number of nitrogens with zero attached hydrogens (tertiary/aromatic N) is 3. The Labute approximate surface area is 180 Å². The first-order valence-electron chi connectivity index (χ1n) is 9.01. The molecule has 5 nitrogen and oxygen atoms in total. The summed E-state index contributed by atoms with van der Waals surface area (Å²) >= 11 is 1.04. The van der Waals surface area contributed by atoms with Gasteiger partial charge in [-0.1, -0.05) is 13.8 Å². The maximum absolute atomic E-state index is 12.6. The van der Waals surface area contributed by atoms with Gasteiger partial charge in [-0.25, -0.2) is 4.98 Å². The molecule has 1 aliphatic rings. The number of aromatic nitrogens is 1. The second kappa shape index (κ2) is 11.4. The van der Waals surface area contributed by atoms with Crippen LogP contribution in [0.3, 0.4) is 0 Å². The number of halogens is 4. The molecule has 10 heteroatoms. The van der Waals surface area contributed by atoms with Crippen molar-refractivity contribution in [1.29, 1.82) is 0 Å². The number of alkyl halides is 3. The summed E-state index contributed by atoms with van der Waals surface area (Å²) in [6.07, 6.45) is -1.43. The summed E-state index contributed by atoms with van der Waals surface area (Å²) in [5, 5.41) is 8.03. The van der Waals surface area contributed by atoms with Crippen LogP contribution in [0.25, 0.3) is 0 Å². The molecule has 1 aromatic rings. The topological polar surface area (TPSA) is 52.6 Å². The van der Waals surface area contributed by atoms with Gasteiger partial charge in [-0.3, -0.25) is 9.89 Å². The first kappa shape index (κ1) is 24.4. The first-order chi connectivity index (χ1) is 12.3. The van der Waals surface area contributed by atoms with E-state index in [2.05, 4.69) is 39.4 Å². The quantitative estimate of drug-likeness (QED) is 0.329. The molecule has 0 radical (unpaired) electrons. The van der Waals surface area contributed by atoms with Crippen LogP contribution >= 0.6 is 35.3 Å². The Kier molecular flexibility index (Phi) is 10.3. The molecule has 1 saturated heterocycles. The van der Waals surface area contributed by atoms with Crippen LogP contribution in [0.15, 0.2) is 10.4 Å². The van der Waals surface area contributed by atoms with Gasteiger partial charge in [-0.05, 0) is 31.8 Å². The monoisotopic (exact) mass is 519 g/mol. The van der Waals surface area contributed by atoms with E-state index >= 15 is 0 Å². The van der Waals surface area contributed by atoms with E-state index in [4.69, 9.17) is 0 Å². The molecule has 2 N–H and O–H groups in total. The third-order valence-corrected chi connectivity index (χ3v) is 5.46. The molecule has 0 aliphatic carbocycles. The molecule has 156 valence electrons. The van der Waals surface area contributed by atoms with Crippen LogP contribution in [0.5, 0.6) is 0 Å². The largest absolute Gasteiger partial charge is 0.434 e. The van der Waals surface area contributed by atoms with Crippen molar-refractivity contribution < 1.29 is 13.2 Å². The van der Waals surface area contributed by atoms with Gasteiger partial charge in [0.1, 0.15) is 0 Å². The summed E-state index contributed by atoms with van der Waals surface area (Å²) in [5.41, 5.74) is -0.814. The fourth-order valence-corrected chi connectivity index (χ4v) is 3.93. The van der Waals surface area contributed by atoms with Crippen LogP contribution in [0.1, 0.15) is 37.4 Å². The number of thiazole rings is 1.